The smallest absolute Gasteiger partial charge is 0.406 e. The van der Waals surface area contributed by atoms with Crippen LogP contribution in [0.4, 0.5) is 18.9 Å². The number of alkyl halides is 3. The average Bonchev–Trinajstić information content (AvgIpc) is 2.72. The molecule has 1 aliphatic heterocycles. The van der Waals surface area contributed by atoms with E-state index in [4.69, 9.17) is 17.0 Å². The van der Waals surface area contributed by atoms with Gasteiger partial charge in [-0.15, -0.1) is 13.2 Å². The van der Waals surface area contributed by atoms with Crippen LogP contribution in [0.15, 0.2) is 36.5 Å². The van der Waals surface area contributed by atoms with Crippen LogP contribution in [-0.4, -0.2) is 42.1 Å². The Bertz CT molecular complexity index is 997. The van der Waals surface area contributed by atoms with Crippen molar-refractivity contribution in [2.45, 2.75) is 39.1 Å². The molecule has 0 spiro atoms. The molecule has 0 unspecified atom stereocenters. The molecule has 2 aromatic rings. The molecule has 1 aliphatic rings. The molecule has 0 bridgehead atoms. The third-order valence-electron chi connectivity index (χ3n) is 5.13. The van der Waals surface area contributed by atoms with Crippen LogP contribution in [0.3, 0.4) is 0 Å². The van der Waals surface area contributed by atoms with E-state index in [1.165, 1.54) is 18.3 Å². The van der Waals surface area contributed by atoms with Crippen molar-refractivity contribution in [2.24, 2.45) is 5.92 Å². The molecule has 1 aromatic heterocycles. The second kappa shape index (κ2) is 9.77. The highest BCUT2D eigenvalue weighted by atomic mass is 35.5. The molecule has 172 valence electrons. The third-order valence-corrected chi connectivity index (χ3v) is 5.43. The molecule has 1 saturated heterocycles. The maximum Gasteiger partial charge on any atom is 0.573 e. The number of carbonyl (C=O) groups is 1. The van der Waals surface area contributed by atoms with Crippen LogP contribution in [0, 0.1) is 11.3 Å². The Labute approximate surface area is 189 Å². The number of hydrogen-bond acceptors (Lipinski definition) is 5. The molecule has 0 saturated carbocycles. The van der Waals surface area contributed by atoms with Gasteiger partial charge in [0, 0.05) is 37.0 Å². The third kappa shape index (κ3) is 6.12. The summed E-state index contributed by atoms with van der Waals surface area (Å²) >= 11 is 6.21. The molecule has 6 nitrogen and oxygen atoms in total. The van der Waals surface area contributed by atoms with Gasteiger partial charge in [-0.1, -0.05) is 25.4 Å². The van der Waals surface area contributed by atoms with Crippen molar-refractivity contribution in [1.29, 1.82) is 5.41 Å². The zero-order valence-electron chi connectivity index (χ0n) is 17.7. The van der Waals surface area contributed by atoms with E-state index in [-0.39, 0.29) is 28.6 Å². The number of amides is 1. The summed E-state index contributed by atoms with van der Waals surface area (Å²) < 4.78 is 41.2. The number of anilines is 1. The van der Waals surface area contributed by atoms with Gasteiger partial charge in [0.05, 0.1) is 22.1 Å². The van der Waals surface area contributed by atoms with Crippen LogP contribution in [0.1, 0.15) is 42.7 Å². The van der Waals surface area contributed by atoms with E-state index in [0.29, 0.717) is 35.7 Å². The molecule has 2 N–H and O–H groups in total. The lowest BCUT2D eigenvalue weighted by Gasteiger charge is -2.35. The minimum Gasteiger partial charge on any atom is -0.406 e. The maximum atomic E-state index is 12.8. The molecule has 1 aromatic carbocycles. The predicted octanol–water partition coefficient (Wildman–Crippen LogP) is 5.06. The molecular formula is C22H24ClF3N4O2. The van der Waals surface area contributed by atoms with Gasteiger partial charge in [0.25, 0.3) is 5.91 Å². The number of pyridine rings is 1. The van der Waals surface area contributed by atoms with Crippen LogP contribution in [0.5, 0.6) is 5.75 Å². The topological polar surface area (TPSA) is 78.3 Å². The normalized spacial score (nSPS) is 16.7. The lowest BCUT2D eigenvalue weighted by Crippen LogP contribution is -2.48. The molecule has 3 rings (SSSR count). The first-order valence-corrected chi connectivity index (χ1v) is 10.6. The second-order valence-corrected chi connectivity index (χ2v) is 8.32. The van der Waals surface area contributed by atoms with Crippen molar-refractivity contribution in [3.05, 3.63) is 52.8 Å². The zero-order valence-corrected chi connectivity index (χ0v) is 18.4. The average molecular weight is 469 g/mol. The fraction of sp³-hybridized carbons (Fsp3) is 0.409. The highest BCUT2D eigenvalue weighted by Gasteiger charge is 2.31. The number of aromatic nitrogens is 1. The van der Waals surface area contributed by atoms with E-state index in [1.54, 1.807) is 12.1 Å². The summed E-state index contributed by atoms with van der Waals surface area (Å²) in [4.78, 5) is 18.9. The molecule has 32 heavy (non-hydrogen) atoms. The number of nitrogens with one attached hydrogen (secondary N) is 2. The Morgan fingerprint density at radius 1 is 1.31 bits per heavy atom. The van der Waals surface area contributed by atoms with Crippen LogP contribution >= 0.6 is 11.6 Å². The van der Waals surface area contributed by atoms with Crippen LogP contribution < -0.4 is 15.0 Å². The Balaban J connectivity index is 1.67. The molecule has 10 heteroatoms. The van der Waals surface area contributed by atoms with Gasteiger partial charge in [-0.2, -0.15) is 0 Å². The minimum atomic E-state index is -4.79. The van der Waals surface area contributed by atoms with E-state index in [2.05, 4.69) is 15.0 Å². The number of halogens is 4. The summed E-state index contributed by atoms with van der Waals surface area (Å²) in [5, 5.41) is 11.2. The van der Waals surface area contributed by atoms with Crippen molar-refractivity contribution in [3.63, 3.8) is 0 Å². The van der Waals surface area contributed by atoms with Crippen LogP contribution in [0.2, 0.25) is 5.02 Å². The summed E-state index contributed by atoms with van der Waals surface area (Å²) in [5.41, 5.74) is 1.82. The predicted molar refractivity (Wildman–Crippen MR) is 117 cm³/mol. The Kier molecular flexibility index (Phi) is 7.28. The number of piperidine rings is 1. The summed E-state index contributed by atoms with van der Waals surface area (Å²) in [6.45, 7) is 4.90. The fourth-order valence-corrected chi connectivity index (χ4v) is 3.83. The Morgan fingerprint density at radius 2 is 2.06 bits per heavy atom. The Hall–Kier alpha value is -2.81. The fourth-order valence-electron chi connectivity index (χ4n) is 3.54. The molecule has 1 atom stereocenters. The van der Waals surface area contributed by atoms with Gasteiger partial charge >= 0.3 is 6.36 Å². The minimum absolute atomic E-state index is 0.00890. The Morgan fingerprint density at radius 3 is 2.72 bits per heavy atom. The van der Waals surface area contributed by atoms with E-state index in [9.17, 15) is 18.0 Å². The number of carbonyl (C=O) groups excluding carboxylic acids is 1. The summed E-state index contributed by atoms with van der Waals surface area (Å²) in [6, 6.07) is 6.88. The SMILES string of the molecule is CC(C)C(=N)c1cc(C(=O)N[C@@H]2CCCN(c3ccc(OC(F)(F)F)cc3Cl)C2)ccn1. The number of hydrogen-bond donors (Lipinski definition) is 2. The summed E-state index contributed by atoms with van der Waals surface area (Å²) in [7, 11) is 0. The molecule has 0 radical (unpaired) electrons. The van der Waals surface area contributed by atoms with Crippen molar-refractivity contribution >= 4 is 28.9 Å². The van der Waals surface area contributed by atoms with Gasteiger partial charge in [0.2, 0.25) is 0 Å². The lowest BCUT2D eigenvalue weighted by atomic mass is 10.0. The van der Waals surface area contributed by atoms with E-state index in [1.807, 2.05) is 18.7 Å². The highest BCUT2D eigenvalue weighted by Crippen LogP contribution is 2.33. The van der Waals surface area contributed by atoms with Gasteiger partial charge in [0.1, 0.15) is 5.75 Å². The number of benzene rings is 1. The zero-order chi connectivity index (χ0) is 23.5. The largest absolute Gasteiger partial charge is 0.573 e. The second-order valence-electron chi connectivity index (χ2n) is 7.92. The van der Waals surface area contributed by atoms with Crippen molar-refractivity contribution in [2.75, 3.05) is 18.0 Å². The van der Waals surface area contributed by atoms with Crippen molar-refractivity contribution in [1.82, 2.24) is 10.3 Å². The van der Waals surface area contributed by atoms with E-state index >= 15 is 0 Å². The standard InChI is InChI=1S/C22H24ClF3N4O2/c1-13(2)20(27)18-10-14(7-8-28-18)21(31)29-15-4-3-9-30(12-15)19-6-5-16(11-17(19)23)32-22(24,25)26/h5-8,10-11,13,15,27H,3-4,9,12H2,1-2H3,(H,29,31)/t15-/m1/s1. The van der Waals surface area contributed by atoms with Gasteiger partial charge < -0.3 is 20.4 Å². The van der Waals surface area contributed by atoms with Gasteiger partial charge in [-0.3, -0.25) is 9.78 Å². The lowest BCUT2D eigenvalue weighted by molar-refractivity contribution is -0.274. The van der Waals surface area contributed by atoms with E-state index < -0.39 is 6.36 Å². The first-order chi connectivity index (χ1) is 15.0. The number of nitrogens with zero attached hydrogens (tertiary/aromatic N) is 2. The molecule has 1 fully saturated rings. The number of ether oxygens (including phenoxy) is 1. The van der Waals surface area contributed by atoms with Gasteiger partial charge in [-0.25, -0.2) is 0 Å². The van der Waals surface area contributed by atoms with E-state index in [0.717, 1.165) is 18.9 Å². The highest BCUT2D eigenvalue weighted by molar-refractivity contribution is 6.33. The first-order valence-electron chi connectivity index (χ1n) is 10.2. The van der Waals surface area contributed by atoms with Gasteiger partial charge in [-0.05, 0) is 43.0 Å². The number of rotatable bonds is 6. The van der Waals surface area contributed by atoms with Crippen LogP contribution in [0.25, 0.3) is 0 Å². The van der Waals surface area contributed by atoms with Crippen molar-refractivity contribution < 1.29 is 22.7 Å². The summed E-state index contributed by atoms with van der Waals surface area (Å²) in [6.07, 6.45) is -1.74. The molecule has 0 aliphatic carbocycles. The molecular weight excluding hydrogens is 445 g/mol. The van der Waals surface area contributed by atoms with Crippen molar-refractivity contribution in [3.8, 4) is 5.75 Å². The molecule has 2 heterocycles. The monoisotopic (exact) mass is 468 g/mol. The molecule has 1 amide bonds. The first kappa shape index (κ1) is 23.8. The maximum absolute atomic E-state index is 12.8. The van der Waals surface area contributed by atoms with Gasteiger partial charge in [0.15, 0.2) is 0 Å². The quantitative estimate of drug-likeness (QED) is 0.581. The summed E-state index contributed by atoms with van der Waals surface area (Å²) in [5.74, 6) is -0.656. The van der Waals surface area contributed by atoms with Crippen LogP contribution in [-0.2, 0) is 0 Å².